The predicted molar refractivity (Wildman–Crippen MR) is 92.6 cm³/mol. The number of piperazine rings is 1. The van der Waals surface area contributed by atoms with Crippen molar-refractivity contribution in [3.63, 3.8) is 0 Å². The van der Waals surface area contributed by atoms with Gasteiger partial charge in [0.05, 0.1) is 10.9 Å². The number of rotatable bonds is 3. The standard InChI is InChI=1S/C16H22ClN3O3S/c1-12-11-13(3-4-14(12)17)24(22,23)20-9-7-19(8-10-20)15-5-6-18(2)16(15)21/h3-4,11,15H,5-10H2,1-2H3. The molecule has 0 aliphatic carbocycles. The van der Waals surface area contributed by atoms with Gasteiger partial charge in [-0.2, -0.15) is 4.31 Å². The molecule has 1 amide bonds. The number of likely N-dealkylation sites (N-methyl/N-ethyl adjacent to an activating group) is 1. The lowest BCUT2D eigenvalue weighted by atomic mass is 10.2. The lowest BCUT2D eigenvalue weighted by Crippen LogP contribution is -2.53. The summed E-state index contributed by atoms with van der Waals surface area (Å²) in [7, 11) is -1.71. The van der Waals surface area contributed by atoms with Crippen LogP contribution < -0.4 is 0 Å². The molecule has 2 saturated heterocycles. The van der Waals surface area contributed by atoms with Crippen molar-refractivity contribution in [3.8, 4) is 0 Å². The number of likely N-dealkylation sites (tertiary alicyclic amines) is 1. The Kier molecular flexibility index (Phi) is 4.88. The highest BCUT2D eigenvalue weighted by molar-refractivity contribution is 7.89. The van der Waals surface area contributed by atoms with Crippen LogP contribution in [0.2, 0.25) is 5.02 Å². The van der Waals surface area contributed by atoms with Crippen LogP contribution >= 0.6 is 11.6 Å². The Balaban J connectivity index is 1.69. The summed E-state index contributed by atoms with van der Waals surface area (Å²) in [6, 6.07) is 4.68. The summed E-state index contributed by atoms with van der Waals surface area (Å²) in [6.45, 7) is 4.52. The van der Waals surface area contributed by atoms with Gasteiger partial charge < -0.3 is 4.90 Å². The Labute approximate surface area is 148 Å². The van der Waals surface area contributed by atoms with Crippen LogP contribution in [0.3, 0.4) is 0 Å². The average Bonchev–Trinajstić information content (AvgIpc) is 2.89. The maximum absolute atomic E-state index is 12.8. The number of hydrogen-bond acceptors (Lipinski definition) is 4. The number of amides is 1. The number of hydrogen-bond donors (Lipinski definition) is 0. The van der Waals surface area contributed by atoms with Crippen LogP contribution in [0.15, 0.2) is 23.1 Å². The highest BCUT2D eigenvalue weighted by Gasteiger charge is 2.37. The minimum atomic E-state index is -3.52. The molecule has 0 saturated carbocycles. The quantitative estimate of drug-likeness (QED) is 0.800. The first-order valence-corrected chi connectivity index (χ1v) is 9.88. The van der Waals surface area contributed by atoms with E-state index in [4.69, 9.17) is 11.6 Å². The van der Waals surface area contributed by atoms with Crippen LogP contribution in [-0.2, 0) is 14.8 Å². The highest BCUT2D eigenvalue weighted by atomic mass is 35.5. The van der Waals surface area contributed by atoms with Crippen LogP contribution in [0.1, 0.15) is 12.0 Å². The number of carbonyl (C=O) groups is 1. The minimum Gasteiger partial charge on any atom is -0.344 e. The molecule has 1 aromatic rings. The van der Waals surface area contributed by atoms with Crippen molar-refractivity contribution in [3.05, 3.63) is 28.8 Å². The van der Waals surface area contributed by atoms with Gasteiger partial charge in [0.15, 0.2) is 0 Å². The summed E-state index contributed by atoms with van der Waals surface area (Å²) in [5, 5.41) is 0.558. The number of nitrogens with zero attached hydrogens (tertiary/aromatic N) is 3. The van der Waals surface area contributed by atoms with E-state index in [0.717, 1.165) is 18.5 Å². The third-order valence-electron chi connectivity index (χ3n) is 4.88. The van der Waals surface area contributed by atoms with E-state index in [-0.39, 0.29) is 16.8 Å². The molecule has 1 unspecified atom stereocenters. The second-order valence-electron chi connectivity index (χ2n) is 6.42. The van der Waals surface area contributed by atoms with Gasteiger partial charge in [-0.15, -0.1) is 0 Å². The van der Waals surface area contributed by atoms with E-state index in [2.05, 4.69) is 4.90 Å². The lowest BCUT2D eigenvalue weighted by molar-refractivity contribution is -0.131. The molecule has 0 aromatic heterocycles. The molecule has 0 spiro atoms. The summed E-state index contributed by atoms with van der Waals surface area (Å²) >= 11 is 5.98. The fraction of sp³-hybridized carbons (Fsp3) is 0.562. The molecule has 0 radical (unpaired) electrons. The van der Waals surface area contributed by atoms with E-state index in [9.17, 15) is 13.2 Å². The van der Waals surface area contributed by atoms with Gasteiger partial charge in [0.25, 0.3) is 0 Å². The van der Waals surface area contributed by atoms with Gasteiger partial charge in [0.2, 0.25) is 15.9 Å². The number of benzene rings is 1. The van der Waals surface area contributed by atoms with Crippen LogP contribution in [0.5, 0.6) is 0 Å². The van der Waals surface area contributed by atoms with E-state index in [0.29, 0.717) is 31.2 Å². The molecular formula is C16H22ClN3O3S. The third-order valence-corrected chi connectivity index (χ3v) is 7.20. The Morgan fingerprint density at radius 3 is 2.33 bits per heavy atom. The fourth-order valence-electron chi connectivity index (χ4n) is 3.33. The number of carbonyl (C=O) groups excluding carboxylic acids is 1. The van der Waals surface area contributed by atoms with Crippen molar-refractivity contribution in [2.45, 2.75) is 24.3 Å². The van der Waals surface area contributed by atoms with E-state index in [1.165, 1.54) is 4.31 Å². The van der Waals surface area contributed by atoms with Crippen molar-refractivity contribution in [1.82, 2.24) is 14.1 Å². The second kappa shape index (κ2) is 6.63. The molecule has 1 aromatic carbocycles. The zero-order chi connectivity index (χ0) is 17.5. The average molecular weight is 372 g/mol. The van der Waals surface area contributed by atoms with Crippen molar-refractivity contribution in [2.24, 2.45) is 0 Å². The molecule has 1 atom stereocenters. The van der Waals surface area contributed by atoms with Crippen molar-refractivity contribution < 1.29 is 13.2 Å². The summed E-state index contributed by atoms with van der Waals surface area (Å²) in [4.78, 5) is 16.2. The summed E-state index contributed by atoms with van der Waals surface area (Å²) < 4.78 is 27.1. The van der Waals surface area contributed by atoms with Crippen LogP contribution in [-0.4, -0.2) is 74.2 Å². The van der Waals surface area contributed by atoms with Crippen molar-refractivity contribution in [2.75, 3.05) is 39.8 Å². The maximum atomic E-state index is 12.8. The molecule has 6 nitrogen and oxygen atoms in total. The Morgan fingerprint density at radius 2 is 1.79 bits per heavy atom. The topological polar surface area (TPSA) is 60.9 Å². The van der Waals surface area contributed by atoms with Crippen LogP contribution in [0, 0.1) is 6.92 Å². The lowest BCUT2D eigenvalue weighted by Gasteiger charge is -2.36. The van der Waals surface area contributed by atoms with Crippen molar-refractivity contribution in [1.29, 1.82) is 0 Å². The number of aryl methyl sites for hydroxylation is 1. The minimum absolute atomic E-state index is 0.0994. The predicted octanol–water partition coefficient (Wildman–Crippen LogP) is 1.19. The van der Waals surface area contributed by atoms with Gasteiger partial charge >= 0.3 is 0 Å². The van der Waals surface area contributed by atoms with Gasteiger partial charge in [-0.25, -0.2) is 8.42 Å². The van der Waals surface area contributed by atoms with E-state index in [1.54, 1.807) is 30.0 Å². The van der Waals surface area contributed by atoms with Crippen LogP contribution in [0.25, 0.3) is 0 Å². The molecule has 132 valence electrons. The molecule has 0 bridgehead atoms. The molecule has 0 N–H and O–H groups in total. The van der Waals surface area contributed by atoms with E-state index in [1.807, 2.05) is 7.05 Å². The molecule has 8 heteroatoms. The van der Waals surface area contributed by atoms with Crippen molar-refractivity contribution >= 4 is 27.5 Å². The SMILES string of the molecule is Cc1cc(S(=O)(=O)N2CCN(C3CCN(C)C3=O)CC2)ccc1Cl. The monoisotopic (exact) mass is 371 g/mol. The number of halogens is 1. The highest BCUT2D eigenvalue weighted by Crippen LogP contribution is 2.24. The molecule has 2 aliphatic heterocycles. The first-order chi connectivity index (χ1) is 11.3. The summed E-state index contributed by atoms with van der Waals surface area (Å²) in [5.74, 6) is 0.139. The summed E-state index contributed by atoms with van der Waals surface area (Å²) in [5.41, 5.74) is 0.746. The van der Waals surface area contributed by atoms with Gasteiger partial charge in [0.1, 0.15) is 0 Å². The third kappa shape index (κ3) is 3.18. The van der Waals surface area contributed by atoms with Gasteiger partial charge in [0, 0.05) is 44.8 Å². The largest absolute Gasteiger partial charge is 0.344 e. The second-order valence-corrected chi connectivity index (χ2v) is 8.76. The van der Waals surface area contributed by atoms with E-state index < -0.39 is 10.0 Å². The fourth-order valence-corrected chi connectivity index (χ4v) is 4.95. The zero-order valence-corrected chi connectivity index (χ0v) is 15.5. The first kappa shape index (κ1) is 17.7. The molecule has 3 rings (SSSR count). The van der Waals surface area contributed by atoms with Gasteiger partial charge in [-0.1, -0.05) is 11.6 Å². The van der Waals surface area contributed by atoms with Crippen LogP contribution in [0.4, 0.5) is 0 Å². The smallest absolute Gasteiger partial charge is 0.243 e. The van der Waals surface area contributed by atoms with Gasteiger partial charge in [-0.05, 0) is 37.1 Å². The maximum Gasteiger partial charge on any atom is 0.243 e. The molecule has 24 heavy (non-hydrogen) atoms. The molecule has 2 fully saturated rings. The first-order valence-electron chi connectivity index (χ1n) is 8.06. The Bertz CT molecular complexity index is 745. The Hall–Kier alpha value is -1.15. The van der Waals surface area contributed by atoms with Gasteiger partial charge in [-0.3, -0.25) is 9.69 Å². The Morgan fingerprint density at radius 1 is 1.12 bits per heavy atom. The number of sulfonamides is 1. The normalized spacial score (nSPS) is 23.9. The van der Waals surface area contributed by atoms with E-state index >= 15 is 0 Å². The zero-order valence-electron chi connectivity index (χ0n) is 13.9. The summed E-state index contributed by atoms with van der Waals surface area (Å²) in [6.07, 6.45) is 0.818. The molecule has 2 aliphatic rings. The molecular weight excluding hydrogens is 350 g/mol. The molecule has 2 heterocycles.